The molecule has 4 aromatic rings. The molecule has 4 rings (SSSR count). The number of ether oxygens (including phenoxy) is 4. The first-order chi connectivity index (χ1) is 19.0. The zero-order valence-electron chi connectivity index (χ0n) is 22.2. The molecule has 0 amide bonds. The summed E-state index contributed by atoms with van der Waals surface area (Å²) in [7, 11) is 0. The number of carbonyl (C=O) groups excluding carboxylic acids is 2. The molecule has 0 radical (unpaired) electrons. The number of thiophene rings is 1. The SMILES string of the molecule is CCOC(=O)CCC(Oc1cc(OCc2ccsc2)ccc1-c1cc(C(=O)OCC)on1)c1ccccc1C. The second kappa shape index (κ2) is 13.6. The molecule has 0 aliphatic rings. The monoisotopic (exact) mass is 549 g/mol. The molecule has 1 atom stereocenters. The Bertz CT molecular complexity index is 1380. The van der Waals surface area contributed by atoms with Crippen LogP contribution >= 0.6 is 11.3 Å². The van der Waals surface area contributed by atoms with Crippen molar-refractivity contribution in [2.75, 3.05) is 13.2 Å². The van der Waals surface area contributed by atoms with Crippen LogP contribution in [-0.2, 0) is 20.9 Å². The van der Waals surface area contributed by atoms with E-state index in [0.717, 1.165) is 16.7 Å². The molecule has 0 aliphatic heterocycles. The summed E-state index contributed by atoms with van der Waals surface area (Å²) in [5.74, 6) is 0.181. The van der Waals surface area contributed by atoms with Crippen molar-refractivity contribution >= 4 is 23.3 Å². The number of hydrogen-bond acceptors (Lipinski definition) is 9. The highest BCUT2D eigenvalue weighted by Crippen LogP contribution is 2.38. The van der Waals surface area contributed by atoms with E-state index in [0.29, 0.717) is 42.4 Å². The first kappa shape index (κ1) is 27.9. The first-order valence-electron chi connectivity index (χ1n) is 12.8. The fourth-order valence-electron chi connectivity index (χ4n) is 4.00. The van der Waals surface area contributed by atoms with Gasteiger partial charge in [-0.25, -0.2) is 4.79 Å². The van der Waals surface area contributed by atoms with Gasteiger partial charge in [0.25, 0.3) is 0 Å². The molecule has 0 aliphatic carbocycles. The van der Waals surface area contributed by atoms with Gasteiger partial charge in [0.1, 0.15) is 29.9 Å². The summed E-state index contributed by atoms with van der Waals surface area (Å²) in [6, 6.07) is 16.8. The summed E-state index contributed by atoms with van der Waals surface area (Å²) in [4.78, 5) is 24.4. The van der Waals surface area contributed by atoms with Gasteiger partial charge in [0.05, 0.1) is 13.2 Å². The third-order valence-electron chi connectivity index (χ3n) is 5.92. The van der Waals surface area contributed by atoms with Gasteiger partial charge in [-0.05, 0) is 72.8 Å². The Morgan fingerprint density at radius 3 is 2.59 bits per heavy atom. The predicted molar refractivity (Wildman–Crippen MR) is 147 cm³/mol. The van der Waals surface area contributed by atoms with Gasteiger partial charge in [-0.2, -0.15) is 11.3 Å². The van der Waals surface area contributed by atoms with Gasteiger partial charge in [0, 0.05) is 24.1 Å². The molecular formula is C30H31NO7S. The van der Waals surface area contributed by atoms with E-state index in [9.17, 15) is 9.59 Å². The van der Waals surface area contributed by atoms with Crippen LogP contribution in [0.4, 0.5) is 0 Å². The maximum atomic E-state index is 12.2. The van der Waals surface area contributed by atoms with Gasteiger partial charge in [-0.3, -0.25) is 4.79 Å². The van der Waals surface area contributed by atoms with Crippen molar-refractivity contribution in [1.29, 1.82) is 0 Å². The second-order valence-electron chi connectivity index (χ2n) is 8.68. The number of rotatable bonds is 13. The first-order valence-corrected chi connectivity index (χ1v) is 13.7. The van der Waals surface area contributed by atoms with Gasteiger partial charge in [-0.1, -0.05) is 29.4 Å². The summed E-state index contributed by atoms with van der Waals surface area (Å²) < 4.78 is 28.1. The Hall–Kier alpha value is -4.11. The lowest BCUT2D eigenvalue weighted by Gasteiger charge is -2.23. The number of aromatic nitrogens is 1. The van der Waals surface area contributed by atoms with Crippen molar-refractivity contribution in [2.24, 2.45) is 0 Å². The van der Waals surface area contributed by atoms with Crippen LogP contribution < -0.4 is 9.47 Å². The van der Waals surface area contributed by atoms with E-state index in [-0.39, 0.29) is 24.8 Å². The number of carbonyl (C=O) groups is 2. The molecule has 204 valence electrons. The molecule has 2 aromatic carbocycles. The lowest BCUT2D eigenvalue weighted by atomic mass is 9.99. The van der Waals surface area contributed by atoms with E-state index in [1.54, 1.807) is 31.3 Å². The van der Waals surface area contributed by atoms with Gasteiger partial charge >= 0.3 is 11.9 Å². The van der Waals surface area contributed by atoms with E-state index in [2.05, 4.69) is 5.16 Å². The highest BCUT2D eigenvalue weighted by atomic mass is 32.1. The van der Waals surface area contributed by atoms with Crippen LogP contribution in [0.15, 0.2) is 69.9 Å². The van der Waals surface area contributed by atoms with Crippen molar-refractivity contribution in [2.45, 2.75) is 46.3 Å². The van der Waals surface area contributed by atoms with Crippen molar-refractivity contribution in [3.05, 3.63) is 87.8 Å². The minimum Gasteiger partial charge on any atom is -0.489 e. The van der Waals surface area contributed by atoms with Gasteiger partial charge in [0.2, 0.25) is 5.76 Å². The van der Waals surface area contributed by atoms with Gasteiger partial charge in [-0.15, -0.1) is 0 Å². The molecule has 1 unspecified atom stereocenters. The zero-order valence-corrected chi connectivity index (χ0v) is 23.0. The summed E-state index contributed by atoms with van der Waals surface area (Å²) in [5, 5.41) is 8.12. The van der Waals surface area contributed by atoms with Crippen LogP contribution in [-0.4, -0.2) is 30.3 Å². The summed E-state index contributed by atoms with van der Waals surface area (Å²) in [6.45, 7) is 6.45. The van der Waals surface area contributed by atoms with Gasteiger partial charge in [0.15, 0.2) is 0 Å². The number of esters is 2. The minimum absolute atomic E-state index is 0.00616. The number of hydrogen-bond donors (Lipinski definition) is 0. The molecule has 2 heterocycles. The molecule has 0 bridgehead atoms. The minimum atomic E-state index is -0.596. The molecule has 2 aromatic heterocycles. The van der Waals surface area contributed by atoms with E-state index in [1.807, 2.05) is 60.1 Å². The third-order valence-corrected chi connectivity index (χ3v) is 6.65. The highest BCUT2D eigenvalue weighted by molar-refractivity contribution is 7.07. The fraction of sp³-hybridized carbons (Fsp3) is 0.300. The van der Waals surface area contributed by atoms with Crippen molar-refractivity contribution in [3.63, 3.8) is 0 Å². The van der Waals surface area contributed by atoms with E-state index in [4.69, 9.17) is 23.5 Å². The predicted octanol–water partition coefficient (Wildman–Crippen LogP) is 6.93. The maximum absolute atomic E-state index is 12.2. The Kier molecular flexibility index (Phi) is 9.74. The Morgan fingerprint density at radius 1 is 1.03 bits per heavy atom. The summed E-state index contributed by atoms with van der Waals surface area (Å²) in [5.41, 5.74) is 4.06. The molecule has 8 nitrogen and oxygen atoms in total. The average molecular weight is 550 g/mol. The quantitative estimate of drug-likeness (QED) is 0.166. The summed E-state index contributed by atoms with van der Waals surface area (Å²) in [6.07, 6.45) is 0.127. The molecular weight excluding hydrogens is 518 g/mol. The van der Waals surface area contributed by atoms with Gasteiger partial charge < -0.3 is 23.5 Å². The number of benzene rings is 2. The molecule has 0 fully saturated rings. The van der Waals surface area contributed by atoms with Crippen molar-refractivity contribution in [3.8, 4) is 22.8 Å². The standard InChI is InChI=1S/C30H31NO7S/c1-4-34-29(32)13-12-26(23-9-7-6-8-20(23)3)37-27-16-22(36-18-21-14-15-39-19-21)10-11-24(27)25-17-28(38-31-25)30(33)35-5-2/h6-11,14-17,19,26H,4-5,12-13,18H2,1-3H3. The lowest BCUT2D eigenvalue weighted by Crippen LogP contribution is -2.13. The average Bonchev–Trinajstić information content (AvgIpc) is 3.64. The van der Waals surface area contributed by atoms with E-state index >= 15 is 0 Å². The van der Waals surface area contributed by atoms with Crippen LogP contribution in [0.2, 0.25) is 0 Å². The van der Waals surface area contributed by atoms with Crippen molar-refractivity contribution < 1.29 is 33.1 Å². The number of aryl methyl sites for hydroxylation is 1. The Balaban J connectivity index is 1.68. The molecule has 39 heavy (non-hydrogen) atoms. The topological polar surface area (TPSA) is 97.1 Å². The van der Waals surface area contributed by atoms with Crippen LogP contribution in [0.3, 0.4) is 0 Å². The van der Waals surface area contributed by atoms with Crippen LogP contribution in [0.25, 0.3) is 11.3 Å². The number of nitrogens with zero attached hydrogens (tertiary/aromatic N) is 1. The van der Waals surface area contributed by atoms with Crippen LogP contribution in [0.1, 0.15) is 60.0 Å². The molecule has 0 N–H and O–H groups in total. The van der Waals surface area contributed by atoms with Crippen LogP contribution in [0, 0.1) is 6.92 Å². The van der Waals surface area contributed by atoms with E-state index < -0.39 is 12.1 Å². The largest absolute Gasteiger partial charge is 0.489 e. The second-order valence-corrected chi connectivity index (χ2v) is 9.46. The summed E-state index contributed by atoms with van der Waals surface area (Å²) >= 11 is 1.61. The smallest absolute Gasteiger partial charge is 0.377 e. The maximum Gasteiger partial charge on any atom is 0.377 e. The fourth-order valence-corrected chi connectivity index (χ4v) is 4.66. The lowest BCUT2D eigenvalue weighted by molar-refractivity contribution is -0.143. The Labute approximate surface area is 231 Å². The third kappa shape index (κ3) is 7.48. The molecule has 0 saturated carbocycles. The van der Waals surface area contributed by atoms with Crippen LogP contribution in [0.5, 0.6) is 11.5 Å². The van der Waals surface area contributed by atoms with E-state index in [1.165, 1.54) is 6.07 Å². The highest BCUT2D eigenvalue weighted by Gasteiger charge is 2.23. The molecule has 9 heteroatoms. The molecule has 0 saturated heterocycles. The molecule has 0 spiro atoms. The zero-order chi connectivity index (χ0) is 27.6. The Morgan fingerprint density at radius 2 is 1.85 bits per heavy atom. The normalized spacial score (nSPS) is 11.6. The van der Waals surface area contributed by atoms with Crippen molar-refractivity contribution in [1.82, 2.24) is 5.16 Å².